The van der Waals surface area contributed by atoms with Crippen LogP contribution < -0.4 is 15.4 Å². The van der Waals surface area contributed by atoms with Crippen molar-refractivity contribution >= 4 is 11.7 Å². The van der Waals surface area contributed by atoms with Crippen molar-refractivity contribution in [3.8, 4) is 17.1 Å². The van der Waals surface area contributed by atoms with Gasteiger partial charge in [-0.15, -0.1) is 0 Å². The van der Waals surface area contributed by atoms with E-state index in [-0.39, 0.29) is 12.3 Å². The van der Waals surface area contributed by atoms with E-state index in [0.29, 0.717) is 18.2 Å². The summed E-state index contributed by atoms with van der Waals surface area (Å²) < 4.78 is 5.19. The summed E-state index contributed by atoms with van der Waals surface area (Å²) in [5.74, 6) is 1.92. The van der Waals surface area contributed by atoms with Gasteiger partial charge in [0.1, 0.15) is 11.6 Å². The van der Waals surface area contributed by atoms with Crippen molar-refractivity contribution in [1.29, 1.82) is 0 Å². The summed E-state index contributed by atoms with van der Waals surface area (Å²) in [6, 6.07) is 13.0. The number of aromatic nitrogens is 3. The Morgan fingerprint density at radius 1 is 1.11 bits per heavy atom. The SMILES string of the molecule is CNc1cc(CNC(=O)Cc2cccc(OC)c2)nc(-c2ccncc2)n1. The minimum absolute atomic E-state index is 0.0849. The molecule has 1 amide bonds. The molecule has 138 valence electrons. The maximum Gasteiger partial charge on any atom is 0.224 e. The molecule has 7 nitrogen and oxygen atoms in total. The molecule has 0 saturated heterocycles. The molecule has 3 aromatic rings. The van der Waals surface area contributed by atoms with Crippen molar-refractivity contribution in [2.75, 3.05) is 19.5 Å². The summed E-state index contributed by atoms with van der Waals surface area (Å²) in [6.45, 7) is 0.318. The largest absolute Gasteiger partial charge is 0.497 e. The van der Waals surface area contributed by atoms with E-state index in [1.807, 2.05) is 42.5 Å². The lowest BCUT2D eigenvalue weighted by Gasteiger charge is -2.09. The average Bonchev–Trinajstić information content (AvgIpc) is 2.72. The monoisotopic (exact) mass is 363 g/mol. The molecule has 1 aromatic carbocycles. The molecule has 0 aliphatic rings. The number of pyridine rings is 1. The number of ether oxygens (including phenoxy) is 1. The number of methoxy groups -OCH3 is 1. The summed E-state index contributed by atoms with van der Waals surface area (Å²) in [6.07, 6.45) is 3.67. The second-order valence-electron chi connectivity index (χ2n) is 5.86. The molecule has 0 fully saturated rings. The molecule has 0 aliphatic heterocycles. The zero-order valence-electron chi connectivity index (χ0n) is 15.3. The van der Waals surface area contributed by atoms with E-state index in [4.69, 9.17) is 4.74 Å². The molecule has 0 atom stereocenters. The number of carbonyl (C=O) groups is 1. The van der Waals surface area contributed by atoms with Gasteiger partial charge in [0.2, 0.25) is 5.91 Å². The topological polar surface area (TPSA) is 89.0 Å². The zero-order valence-corrected chi connectivity index (χ0v) is 15.3. The van der Waals surface area contributed by atoms with Gasteiger partial charge in [-0.2, -0.15) is 0 Å². The van der Waals surface area contributed by atoms with Crippen LogP contribution in [-0.4, -0.2) is 35.0 Å². The van der Waals surface area contributed by atoms with Crippen molar-refractivity contribution in [3.05, 3.63) is 66.1 Å². The molecular formula is C20H21N5O2. The fourth-order valence-corrected chi connectivity index (χ4v) is 2.57. The predicted octanol–water partition coefficient (Wildman–Crippen LogP) is 2.45. The van der Waals surface area contributed by atoms with Crippen LogP contribution in [-0.2, 0) is 17.8 Å². The third-order valence-electron chi connectivity index (χ3n) is 3.94. The molecule has 0 spiro atoms. The number of hydrogen-bond donors (Lipinski definition) is 2. The van der Waals surface area contributed by atoms with Gasteiger partial charge in [-0.05, 0) is 29.8 Å². The van der Waals surface area contributed by atoms with E-state index >= 15 is 0 Å². The molecule has 0 radical (unpaired) electrons. The molecule has 0 unspecified atom stereocenters. The fraction of sp³-hybridized carbons (Fsp3) is 0.200. The first kappa shape index (κ1) is 18.3. The summed E-state index contributed by atoms with van der Waals surface area (Å²) in [5.41, 5.74) is 2.48. The zero-order chi connectivity index (χ0) is 19.1. The van der Waals surface area contributed by atoms with Crippen LogP contribution in [0, 0.1) is 0 Å². The molecule has 0 aliphatic carbocycles. The Bertz CT molecular complexity index is 915. The lowest BCUT2D eigenvalue weighted by atomic mass is 10.1. The first-order valence-electron chi connectivity index (χ1n) is 8.53. The Labute approximate surface area is 157 Å². The summed E-state index contributed by atoms with van der Waals surface area (Å²) in [5, 5.41) is 5.93. The standard InChI is InChI=1S/C20H21N5O2/c1-21-18-12-16(24-20(25-18)15-6-8-22-9-7-15)13-23-19(26)11-14-4-3-5-17(10-14)27-2/h3-10,12H,11,13H2,1-2H3,(H,23,26)(H,21,24,25). The lowest BCUT2D eigenvalue weighted by molar-refractivity contribution is -0.120. The van der Waals surface area contributed by atoms with E-state index in [1.165, 1.54) is 0 Å². The summed E-state index contributed by atoms with van der Waals surface area (Å²) >= 11 is 0. The number of carbonyl (C=O) groups excluding carboxylic acids is 1. The van der Waals surface area contributed by atoms with Gasteiger partial charge in [0, 0.05) is 31.1 Å². The van der Waals surface area contributed by atoms with Gasteiger partial charge in [-0.25, -0.2) is 9.97 Å². The second kappa shape index (κ2) is 8.75. The molecule has 2 heterocycles. The summed E-state index contributed by atoms with van der Waals surface area (Å²) in [4.78, 5) is 25.3. The minimum Gasteiger partial charge on any atom is -0.497 e. The maximum atomic E-state index is 12.3. The number of nitrogens with one attached hydrogen (secondary N) is 2. The molecule has 2 aromatic heterocycles. The van der Waals surface area contributed by atoms with E-state index in [2.05, 4.69) is 25.6 Å². The highest BCUT2D eigenvalue weighted by molar-refractivity contribution is 5.78. The van der Waals surface area contributed by atoms with Crippen LogP contribution >= 0.6 is 0 Å². The normalized spacial score (nSPS) is 10.3. The van der Waals surface area contributed by atoms with Gasteiger partial charge in [0.05, 0.1) is 25.8 Å². The van der Waals surface area contributed by atoms with Gasteiger partial charge < -0.3 is 15.4 Å². The molecule has 27 heavy (non-hydrogen) atoms. The Morgan fingerprint density at radius 2 is 1.93 bits per heavy atom. The van der Waals surface area contributed by atoms with Crippen LogP contribution in [0.1, 0.15) is 11.3 Å². The highest BCUT2D eigenvalue weighted by Gasteiger charge is 2.09. The van der Waals surface area contributed by atoms with Gasteiger partial charge in [-0.1, -0.05) is 12.1 Å². The van der Waals surface area contributed by atoms with Gasteiger partial charge >= 0.3 is 0 Å². The van der Waals surface area contributed by atoms with Crippen molar-refractivity contribution in [2.24, 2.45) is 0 Å². The van der Waals surface area contributed by atoms with Crippen LogP contribution in [0.4, 0.5) is 5.82 Å². The van der Waals surface area contributed by atoms with E-state index in [0.717, 1.165) is 22.6 Å². The fourth-order valence-electron chi connectivity index (χ4n) is 2.57. The Kier molecular flexibility index (Phi) is 5.94. The van der Waals surface area contributed by atoms with Crippen molar-refractivity contribution in [1.82, 2.24) is 20.3 Å². The molecule has 0 saturated carbocycles. The van der Waals surface area contributed by atoms with Gasteiger partial charge in [0.25, 0.3) is 0 Å². The number of benzene rings is 1. The number of anilines is 1. The molecule has 3 rings (SSSR count). The van der Waals surface area contributed by atoms with E-state index < -0.39 is 0 Å². The smallest absolute Gasteiger partial charge is 0.224 e. The van der Waals surface area contributed by atoms with Crippen molar-refractivity contribution < 1.29 is 9.53 Å². The van der Waals surface area contributed by atoms with E-state index in [9.17, 15) is 4.79 Å². The van der Waals surface area contributed by atoms with Gasteiger partial charge in [0.15, 0.2) is 5.82 Å². The highest BCUT2D eigenvalue weighted by atomic mass is 16.5. The number of hydrogen-bond acceptors (Lipinski definition) is 6. The highest BCUT2D eigenvalue weighted by Crippen LogP contribution is 2.17. The molecule has 2 N–H and O–H groups in total. The second-order valence-corrected chi connectivity index (χ2v) is 5.86. The maximum absolute atomic E-state index is 12.3. The Hall–Kier alpha value is -3.48. The molecular weight excluding hydrogens is 342 g/mol. The van der Waals surface area contributed by atoms with Crippen LogP contribution in [0.2, 0.25) is 0 Å². The Balaban J connectivity index is 1.69. The third kappa shape index (κ3) is 5.01. The van der Waals surface area contributed by atoms with Crippen LogP contribution in [0.3, 0.4) is 0 Å². The number of amides is 1. The first-order chi connectivity index (χ1) is 13.2. The van der Waals surface area contributed by atoms with Crippen LogP contribution in [0.15, 0.2) is 54.9 Å². The average molecular weight is 363 g/mol. The molecule has 0 bridgehead atoms. The number of rotatable bonds is 7. The van der Waals surface area contributed by atoms with Crippen molar-refractivity contribution in [3.63, 3.8) is 0 Å². The number of nitrogens with zero attached hydrogens (tertiary/aromatic N) is 3. The quantitative estimate of drug-likeness (QED) is 0.670. The van der Waals surface area contributed by atoms with E-state index in [1.54, 1.807) is 26.6 Å². The van der Waals surface area contributed by atoms with Crippen LogP contribution in [0.5, 0.6) is 5.75 Å². The third-order valence-corrected chi connectivity index (χ3v) is 3.94. The lowest BCUT2D eigenvalue weighted by Crippen LogP contribution is -2.25. The van der Waals surface area contributed by atoms with Crippen molar-refractivity contribution in [2.45, 2.75) is 13.0 Å². The molecule has 7 heteroatoms. The van der Waals surface area contributed by atoms with Gasteiger partial charge in [-0.3, -0.25) is 9.78 Å². The summed E-state index contributed by atoms with van der Waals surface area (Å²) in [7, 11) is 3.40. The predicted molar refractivity (Wildman–Crippen MR) is 103 cm³/mol. The van der Waals surface area contributed by atoms with Crippen LogP contribution in [0.25, 0.3) is 11.4 Å². The minimum atomic E-state index is -0.0849. The first-order valence-corrected chi connectivity index (χ1v) is 8.53. The Morgan fingerprint density at radius 3 is 2.67 bits per heavy atom.